The molecular formula is C10H14NS. The van der Waals surface area contributed by atoms with Crippen LogP contribution in [-0.2, 0) is 0 Å². The van der Waals surface area contributed by atoms with E-state index in [1.165, 1.54) is 5.56 Å². The third-order valence-corrected chi connectivity index (χ3v) is 2.98. The molecule has 1 aromatic heterocycles. The smallest absolute Gasteiger partial charge is 0.0270 e. The summed E-state index contributed by atoms with van der Waals surface area (Å²) in [7, 11) is 0. The van der Waals surface area contributed by atoms with Crippen molar-refractivity contribution in [3.05, 3.63) is 37.0 Å². The van der Waals surface area contributed by atoms with E-state index in [0.29, 0.717) is 5.25 Å². The molecule has 0 saturated heterocycles. The molecule has 0 aliphatic heterocycles. The van der Waals surface area contributed by atoms with E-state index in [4.69, 9.17) is 0 Å². The van der Waals surface area contributed by atoms with Crippen molar-refractivity contribution in [2.75, 3.05) is 5.75 Å². The Morgan fingerprint density at radius 1 is 1.50 bits per heavy atom. The van der Waals surface area contributed by atoms with Gasteiger partial charge in [0, 0.05) is 17.6 Å². The molecule has 12 heavy (non-hydrogen) atoms. The summed E-state index contributed by atoms with van der Waals surface area (Å²) in [6.07, 6.45) is 4.69. The summed E-state index contributed by atoms with van der Waals surface area (Å²) in [5.41, 5.74) is 1.35. The van der Waals surface area contributed by atoms with Crippen LogP contribution < -0.4 is 0 Å². The fraction of sp³-hybridized carbons (Fsp3) is 0.400. The van der Waals surface area contributed by atoms with Crippen LogP contribution in [0.5, 0.6) is 0 Å². The van der Waals surface area contributed by atoms with Crippen LogP contribution in [0.4, 0.5) is 0 Å². The van der Waals surface area contributed by atoms with Gasteiger partial charge in [-0.1, -0.05) is 6.92 Å². The molecule has 1 unspecified atom stereocenters. The summed E-state index contributed by atoms with van der Waals surface area (Å²) >= 11 is 1.94. The molecule has 2 heteroatoms. The van der Waals surface area contributed by atoms with Crippen molar-refractivity contribution >= 4 is 11.8 Å². The summed E-state index contributed by atoms with van der Waals surface area (Å²) < 4.78 is 0. The molecule has 0 N–H and O–H groups in total. The summed E-state index contributed by atoms with van der Waals surface area (Å²) in [4.78, 5) is 3.99. The van der Waals surface area contributed by atoms with E-state index in [1.54, 1.807) is 0 Å². The molecule has 0 saturated carbocycles. The summed E-state index contributed by atoms with van der Waals surface area (Å²) in [5.74, 6) is 1.13. The lowest BCUT2D eigenvalue weighted by Crippen LogP contribution is -1.89. The van der Waals surface area contributed by atoms with Crippen LogP contribution in [0.2, 0.25) is 0 Å². The van der Waals surface area contributed by atoms with Gasteiger partial charge in [-0.2, -0.15) is 11.8 Å². The first kappa shape index (κ1) is 9.59. The number of aromatic nitrogens is 1. The predicted octanol–water partition coefficient (Wildman–Crippen LogP) is 3.10. The molecule has 0 aliphatic rings. The highest BCUT2D eigenvalue weighted by Crippen LogP contribution is 2.27. The van der Waals surface area contributed by atoms with Crippen molar-refractivity contribution in [2.24, 2.45) is 0 Å². The van der Waals surface area contributed by atoms with Crippen molar-refractivity contribution in [1.82, 2.24) is 4.98 Å². The average molecular weight is 180 g/mol. The van der Waals surface area contributed by atoms with Gasteiger partial charge in [0.25, 0.3) is 0 Å². The average Bonchev–Trinajstić information content (AvgIpc) is 2.15. The summed E-state index contributed by atoms with van der Waals surface area (Å²) in [6, 6.07) is 4.14. The van der Waals surface area contributed by atoms with E-state index in [1.807, 2.05) is 24.2 Å². The monoisotopic (exact) mass is 180 g/mol. The van der Waals surface area contributed by atoms with Crippen molar-refractivity contribution in [2.45, 2.75) is 18.6 Å². The zero-order valence-electron chi connectivity index (χ0n) is 7.36. The highest BCUT2D eigenvalue weighted by molar-refractivity contribution is 7.99. The second-order valence-corrected chi connectivity index (χ2v) is 4.10. The van der Waals surface area contributed by atoms with Crippen LogP contribution in [0.25, 0.3) is 0 Å². The van der Waals surface area contributed by atoms with Crippen LogP contribution in [0.1, 0.15) is 24.2 Å². The van der Waals surface area contributed by atoms with Crippen LogP contribution in [0.3, 0.4) is 0 Å². The van der Waals surface area contributed by atoms with E-state index >= 15 is 0 Å². The van der Waals surface area contributed by atoms with E-state index < -0.39 is 0 Å². The molecule has 1 rings (SSSR count). The minimum absolute atomic E-state index is 0.565. The lowest BCUT2D eigenvalue weighted by molar-refractivity contribution is 1.07. The summed E-state index contributed by atoms with van der Waals surface area (Å²) in [6.45, 7) is 6.04. The van der Waals surface area contributed by atoms with Gasteiger partial charge in [-0.15, -0.1) is 0 Å². The quantitative estimate of drug-likeness (QED) is 0.706. The van der Waals surface area contributed by atoms with Crippen molar-refractivity contribution in [3.63, 3.8) is 0 Å². The highest BCUT2D eigenvalue weighted by atomic mass is 32.2. The Labute approximate surface area is 78.6 Å². The van der Waals surface area contributed by atoms with E-state index in [9.17, 15) is 0 Å². The standard InChI is InChI=1S/C10H14NS/c1-3-8-12-9(2)10-4-6-11-7-5-10/h4-7,9H,1,3,8H2,2H3. The van der Waals surface area contributed by atoms with Gasteiger partial charge in [0.05, 0.1) is 0 Å². The molecular weight excluding hydrogens is 166 g/mol. The van der Waals surface area contributed by atoms with E-state index in [-0.39, 0.29) is 0 Å². The van der Waals surface area contributed by atoms with Gasteiger partial charge < -0.3 is 0 Å². The van der Waals surface area contributed by atoms with Crippen molar-refractivity contribution in [3.8, 4) is 0 Å². The third kappa shape index (κ3) is 2.86. The first-order chi connectivity index (χ1) is 5.84. The first-order valence-corrected chi connectivity index (χ1v) is 5.20. The number of nitrogens with zero attached hydrogens (tertiary/aromatic N) is 1. The van der Waals surface area contributed by atoms with Gasteiger partial charge in [-0.05, 0) is 36.8 Å². The number of hydrogen-bond acceptors (Lipinski definition) is 2. The zero-order chi connectivity index (χ0) is 8.81. The Kier molecular flexibility index (Phi) is 4.15. The van der Waals surface area contributed by atoms with Gasteiger partial charge in [-0.25, -0.2) is 0 Å². The van der Waals surface area contributed by atoms with Crippen LogP contribution in [0, 0.1) is 6.92 Å². The molecule has 0 amide bonds. The Hall–Kier alpha value is -0.500. The molecule has 0 spiro atoms. The number of rotatable bonds is 4. The lowest BCUT2D eigenvalue weighted by atomic mass is 10.2. The minimum Gasteiger partial charge on any atom is -0.265 e. The van der Waals surface area contributed by atoms with E-state index in [0.717, 1.165) is 12.2 Å². The van der Waals surface area contributed by atoms with Crippen LogP contribution >= 0.6 is 11.8 Å². The Morgan fingerprint density at radius 3 is 2.75 bits per heavy atom. The van der Waals surface area contributed by atoms with Crippen LogP contribution in [-0.4, -0.2) is 10.7 Å². The van der Waals surface area contributed by atoms with Gasteiger partial charge in [0.15, 0.2) is 0 Å². The van der Waals surface area contributed by atoms with Gasteiger partial charge in [-0.3, -0.25) is 4.98 Å². The second-order valence-electron chi connectivity index (χ2n) is 2.65. The Balaban J connectivity index is 2.48. The SMILES string of the molecule is [CH2]CCSC(C)c1ccncc1. The fourth-order valence-corrected chi connectivity index (χ4v) is 1.86. The predicted molar refractivity (Wildman–Crippen MR) is 55.1 cm³/mol. The molecule has 0 bridgehead atoms. The Morgan fingerprint density at radius 2 is 2.17 bits per heavy atom. The maximum Gasteiger partial charge on any atom is 0.0270 e. The van der Waals surface area contributed by atoms with Crippen molar-refractivity contribution < 1.29 is 0 Å². The maximum atomic E-state index is 3.99. The lowest BCUT2D eigenvalue weighted by Gasteiger charge is -2.09. The third-order valence-electron chi connectivity index (χ3n) is 1.69. The van der Waals surface area contributed by atoms with Gasteiger partial charge in [0.1, 0.15) is 0 Å². The maximum absolute atomic E-state index is 3.99. The topological polar surface area (TPSA) is 12.9 Å². The Bertz CT molecular complexity index is 210. The molecule has 0 fully saturated rings. The normalized spacial score (nSPS) is 12.8. The largest absolute Gasteiger partial charge is 0.265 e. The minimum atomic E-state index is 0.565. The molecule has 1 heterocycles. The van der Waals surface area contributed by atoms with Crippen LogP contribution in [0.15, 0.2) is 24.5 Å². The molecule has 0 aliphatic carbocycles. The number of hydrogen-bond donors (Lipinski definition) is 0. The van der Waals surface area contributed by atoms with E-state index in [2.05, 4.69) is 31.0 Å². The van der Waals surface area contributed by atoms with Crippen molar-refractivity contribution in [1.29, 1.82) is 0 Å². The number of thioether (sulfide) groups is 1. The highest BCUT2D eigenvalue weighted by Gasteiger charge is 2.03. The molecule has 1 atom stereocenters. The second kappa shape index (κ2) is 5.20. The number of pyridine rings is 1. The molecule has 65 valence electrons. The fourth-order valence-electron chi connectivity index (χ4n) is 0.991. The molecule has 0 aromatic carbocycles. The molecule has 1 nitrogen and oxygen atoms in total. The zero-order valence-corrected chi connectivity index (χ0v) is 8.18. The first-order valence-electron chi connectivity index (χ1n) is 4.15. The molecule has 1 aromatic rings. The van der Waals surface area contributed by atoms with Gasteiger partial charge >= 0.3 is 0 Å². The van der Waals surface area contributed by atoms with Gasteiger partial charge in [0.2, 0.25) is 0 Å². The summed E-state index contributed by atoms with van der Waals surface area (Å²) in [5, 5.41) is 0.565. The molecule has 1 radical (unpaired) electrons.